The van der Waals surface area contributed by atoms with Crippen LogP contribution in [0.3, 0.4) is 0 Å². The van der Waals surface area contributed by atoms with Gasteiger partial charge in [0, 0.05) is 14.5 Å². The summed E-state index contributed by atoms with van der Waals surface area (Å²) < 4.78 is 15.0. The summed E-state index contributed by atoms with van der Waals surface area (Å²) in [5.41, 5.74) is 2.22. The molecule has 0 atom stereocenters. The van der Waals surface area contributed by atoms with Crippen LogP contribution in [0.2, 0.25) is 0 Å². The first-order valence-electron chi connectivity index (χ1n) is 11.7. The average Bonchev–Trinajstić information content (AvgIpc) is 2.89. The fourth-order valence-electron chi connectivity index (χ4n) is 4.12. The molecule has 0 saturated carbocycles. The van der Waals surface area contributed by atoms with Crippen molar-refractivity contribution in [2.45, 2.75) is 20.5 Å². The van der Waals surface area contributed by atoms with Crippen molar-refractivity contribution in [2.75, 3.05) is 6.61 Å². The Morgan fingerprint density at radius 3 is 2.57 bits per heavy atom. The van der Waals surface area contributed by atoms with Crippen LogP contribution in [-0.4, -0.2) is 22.5 Å². The largest absolute Gasteiger partial charge is 0.490 e. The van der Waals surface area contributed by atoms with Crippen LogP contribution >= 0.6 is 31.9 Å². The van der Waals surface area contributed by atoms with Gasteiger partial charge in [0.2, 0.25) is 0 Å². The first kappa shape index (κ1) is 25.2. The maximum atomic E-state index is 13.1. The van der Waals surface area contributed by atoms with Gasteiger partial charge in [-0.2, -0.15) is 9.78 Å². The Kier molecular flexibility index (Phi) is 7.39. The smallest absolute Gasteiger partial charge is 0.282 e. The second-order valence-electron chi connectivity index (χ2n) is 8.36. The summed E-state index contributed by atoms with van der Waals surface area (Å²) in [7, 11) is 0. The van der Waals surface area contributed by atoms with Gasteiger partial charge in [0.1, 0.15) is 12.4 Å². The van der Waals surface area contributed by atoms with Gasteiger partial charge < -0.3 is 9.47 Å². The lowest BCUT2D eigenvalue weighted by molar-refractivity contribution is 0.270. The van der Waals surface area contributed by atoms with Crippen molar-refractivity contribution >= 4 is 59.7 Å². The summed E-state index contributed by atoms with van der Waals surface area (Å²) in [4.78, 5) is 17.6. The number of aryl methyl sites for hydroxylation is 1. The van der Waals surface area contributed by atoms with Crippen LogP contribution in [0.25, 0.3) is 21.7 Å². The predicted molar refractivity (Wildman–Crippen MR) is 155 cm³/mol. The molecule has 1 aromatic heterocycles. The quantitative estimate of drug-likeness (QED) is 0.180. The Labute approximate surface area is 230 Å². The van der Waals surface area contributed by atoms with Crippen molar-refractivity contribution in [1.82, 2.24) is 9.66 Å². The third kappa shape index (κ3) is 5.31. The fourth-order valence-corrected chi connectivity index (χ4v) is 4.91. The zero-order valence-electron chi connectivity index (χ0n) is 20.2. The van der Waals surface area contributed by atoms with Crippen molar-refractivity contribution in [3.63, 3.8) is 0 Å². The van der Waals surface area contributed by atoms with Crippen LogP contribution in [0, 0.1) is 6.92 Å². The maximum absolute atomic E-state index is 13.1. The number of halogens is 2. The number of benzene rings is 4. The van der Waals surface area contributed by atoms with Crippen LogP contribution in [-0.2, 0) is 6.61 Å². The van der Waals surface area contributed by atoms with Gasteiger partial charge in [0.05, 0.1) is 23.7 Å². The third-order valence-electron chi connectivity index (χ3n) is 5.91. The van der Waals surface area contributed by atoms with Crippen LogP contribution in [0.15, 0.2) is 91.6 Å². The molecule has 37 heavy (non-hydrogen) atoms. The van der Waals surface area contributed by atoms with E-state index in [0.29, 0.717) is 41.4 Å². The Morgan fingerprint density at radius 2 is 1.73 bits per heavy atom. The molecule has 0 radical (unpaired) electrons. The number of aromatic nitrogens is 2. The van der Waals surface area contributed by atoms with E-state index in [2.05, 4.69) is 66.2 Å². The highest BCUT2D eigenvalue weighted by Gasteiger charge is 2.13. The molecule has 1 heterocycles. The van der Waals surface area contributed by atoms with Crippen LogP contribution < -0.4 is 15.0 Å². The zero-order chi connectivity index (χ0) is 25.9. The highest BCUT2D eigenvalue weighted by atomic mass is 79.9. The van der Waals surface area contributed by atoms with Gasteiger partial charge in [-0.15, -0.1) is 0 Å². The Balaban J connectivity index is 1.46. The monoisotopic (exact) mass is 619 g/mol. The molecule has 5 rings (SSSR count). The molecule has 0 saturated heterocycles. The van der Waals surface area contributed by atoms with Crippen molar-refractivity contribution in [3.8, 4) is 11.5 Å². The van der Waals surface area contributed by atoms with Gasteiger partial charge in [0.25, 0.3) is 5.56 Å². The van der Waals surface area contributed by atoms with E-state index in [-0.39, 0.29) is 5.56 Å². The molecule has 0 bridgehead atoms. The minimum absolute atomic E-state index is 0.240. The lowest BCUT2D eigenvalue weighted by Gasteiger charge is -2.15. The Hall–Kier alpha value is -3.49. The van der Waals surface area contributed by atoms with Gasteiger partial charge in [-0.25, -0.2) is 4.98 Å². The number of ether oxygens (including phenoxy) is 2. The van der Waals surface area contributed by atoms with E-state index in [0.717, 1.165) is 25.5 Å². The normalized spacial score (nSPS) is 11.5. The summed E-state index contributed by atoms with van der Waals surface area (Å²) in [6.45, 7) is 4.55. The molecule has 0 amide bonds. The maximum Gasteiger partial charge on any atom is 0.282 e. The van der Waals surface area contributed by atoms with E-state index in [9.17, 15) is 4.79 Å². The molecule has 5 aromatic rings. The molecule has 186 valence electrons. The molecule has 0 aliphatic carbocycles. The van der Waals surface area contributed by atoms with E-state index in [1.807, 2.05) is 49.4 Å². The van der Waals surface area contributed by atoms with Gasteiger partial charge in [-0.05, 0) is 76.4 Å². The summed E-state index contributed by atoms with van der Waals surface area (Å²) in [5.74, 6) is 1.70. The first-order chi connectivity index (χ1) is 17.9. The second kappa shape index (κ2) is 10.9. The van der Waals surface area contributed by atoms with E-state index in [1.165, 1.54) is 10.1 Å². The molecule has 4 aromatic carbocycles. The highest BCUT2D eigenvalue weighted by molar-refractivity contribution is 9.10. The second-order valence-corrected chi connectivity index (χ2v) is 10.1. The summed E-state index contributed by atoms with van der Waals surface area (Å²) >= 11 is 7.04. The number of hydrogen-bond donors (Lipinski definition) is 0. The lowest BCUT2D eigenvalue weighted by Crippen LogP contribution is -2.20. The van der Waals surface area contributed by atoms with Crippen molar-refractivity contribution in [1.29, 1.82) is 0 Å². The molecule has 0 aliphatic rings. The van der Waals surface area contributed by atoms with Gasteiger partial charge >= 0.3 is 0 Å². The third-order valence-corrected chi connectivity index (χ3v) is 7.09. The molecule has 0 spiro atoms. The molecule has 0 N–H and O–H groups in total. The Morgan fingerprint density at radius 1 is 0.946 bits per heavy atom. The molecular formula is C29H23Br2N3O3. The van der Waals surface area contributed by atoms with Gasteiger partial charge in [0.15, 0.2) is 11.5 Å². The van der Waals surface area contributed by atoms with Gasteiger partial charge in [-0.1, -0.05) is 58.4 Å². The lowest BCUT2D eigenvalue weighted by atomic mass is 10.1. The van der Waals surface area contributed by atoms with Crippen molar-refractivity contribution in [3.05, 3.63) is 109 Å². The number of hydrogen-bond acceptors (Lipinski definition) is 5. The molecule has 8 heteroatoms. The number of nitrogens with zero attached hydrogens (tertiary/aromatic N) is 3. The molecule has 6 nitrogen and oxygen atoms in total. The fraction of sp³-hybridized carbons (Fsp3) is 0.138. The Bertz CT molecular complexity index is 1710. The standard InChI is InChI=1S/C29H23Br2N3O3/c1-3-36-27-13-21(16-32-34-18(2)33-26-12-11-22(30)14-24(26)29(34)35)25(31)15-28(27)37-17-20-9-6-8-19-7-4-5-10-23(19)20/h4-16H,3,17H2,1-2H3. The van der Waals surface area contributed by atoms with Crippen molar-refractivity contribution in [2.24, 2.45) is 5.10 Å². The first-order valence-corrected chi connectivity index (χ1v) is 13.3. The number of rotatable bonds is 7. The molecule has 0 fully saturated rings. The van der Waals surface area contributed by atoms with E-state index in [1.54, 1.807) is 19.2 Å². The zero-order valence-corrected chi connectivity index (χ0v) is 23.4. The molecular weight excluding hydrogens is 598 g/mol. The minimum Gasteiger partial charge on any atom is -0.490 e. The average molecular weight is 621 g/mol. The SMILES string of the molecule is CCOc1cc(C=Nn2c(C)nc3ccc(Br)cc3c2=O)c(Br)cc1OCc1cccc2ccccc12. The van der Waals surface area contributed by atoms with Gasteiger partial charge in [-0.3, -0.25) is 4.79 Å². The predicted octanol–water partition coefficient (Wildman–Crippen LogP) is 7.24. The van der Waals surface area contributed by atoms with E-state index < -0.39 is 0 Å². The highest BCUT2D eigenvalue weighted by Crippen LogP contribution is 2.34. The van der Waals surface area contributed by atoms with Crippen molar-refractivity contribution < 1.29 is 9.47 Å². The molecule has 0 unspecified atom stereocenters. The van der Waals surface area contributed by atoms with E-state index in [4.69, 9.17) is 9.47 Å². The topological polar surface area (TPSA) is 65.7 Å². The van der Waals surface area contributed by atoms with E-state index >= 15 is 0 Å². The minimum atomic E-state index is -0.240. The molecule has 0 aliphatic heterocycles. The van der Waals surface area contributed by atoms with Crippen LogP contribution in [0.1, 0.15) is 23.9 Å². The summed E-state index contributed by atoms with van der Waals surface area (Å²) in [5, 5.41) is 7.26. The van der Waals surface area contributed by atoms with Crippen LogP contribution in [0.4, 0.5) is 0 Å². The summed E-state index contributed by atoms with van der Waals surface area (Å²) in [6, 6.07) is 23.6. The summed E-state index contributed by atoms with van der Waals surface area (Å²) in [6.07, 6.45) is 1.61. The number of fused-ring (bicyclic) bond motifs is 2. The van der Waals surface area contributed by atoms with Crippen LogP contribution in [0.5, 0.6) is 11.5 Å².